The zero-order valence-corrected chi connectivity index (χ0v) is 19.1. The van der Waals surface area contributed by atoms with Gasteiger partial charge in [0.25, 0.3) is 15.9 Å². The Hall–Kier alpha value is -3.43. The van der Waals surface area contributed by atoms with Crippen molar-refractivity contribution in [2.24, 2.45) is 0 Å². The van der Waals surface area contributed by atoms with Crippen LogP contribution in [-0.2, 0) is 10.0 Å². The number of rotatable bonds is 8. The van der Waals surface area contributed by atoms with Crippen LogP contribution in [0.15, 0.2) is 72.1 Å². The van der Waals surface area contributed by atoms with E-state index in [-0.39, 0.29) is 28.0 Å². The summed E-state index contributed by atoms with van der Waals surface area (Å²) in [4.78, 5) is 20.9. The number of carbonyl (C=O) groups is 1. The molecule has 0 unspecified atom stereocenters. The van der Waals surface area contributed by atoms with E-state index in [9.17, 15) is 13.2 Å². The van der Waals surface area contributed by atoms with Crippen molar-refractivity contribution >= 4 is 39.2 Å². The number of aryl methyl sites for hydroxylation is 2. The second-order valence-electron chi connectivity index (χ2n) is 6.86. The van der Waals surface area contributed by atoms with E-state index in [0.29, 0.717) is 5.69 Å². The largest absolute Gasteiger partial charge is 0.269 e. The van der Waals surface area contributed by atoms with Crippen LogP contribution >= 0.6 is 11.6 Å². The minimum absolute atomic E-state index is 0.00803. The molecule has 0 spiro atoms. The molecule has 8 nitrogen and oxygen atoms in total. The minimum atomic E-state index is -4.02. The maximum absolute atomic E-state index is 13.4. The zero-order valence-electron chi connectivity index (χ0n) is 17.5. The lowest BCUT2D eigenvalue weighted by Gasteiger charge is -2.24. The SMILES string of the molecule is C=CCN(c1ccccc1Cl)S(=O)(=O)c1cccc(C(=O)NNc2nc(C)cc(C)n2)c1. The zero-order chi connectivity index (χ0) is 23.3. The summed E-state index contributed by atoms with van der Waals surface area (Å²) in [6.07, 6.45) is 1.46. The molecule has 0 radical (unpaired) electrons. The van der Waals surface area contributed by atoms with Gasteiger partial charge in [-0.05, 0) is 50.2 Å². The number of hydrogen-bond donors (Lipinski definition) is 2. The van der Waals surface area contributed by atoms with Crippen LogP contribution in [0, 0.1) is 13.8 Å². The number of nitrogens with one attached hydrogen (secondary N) is 2. The number of nitrogens with zero attached hydrogens (tertiary/aromatic N) is 3. The molecule has 1 heterocycles. The highest BCUT2D eigenvalue weighted by molar-refractivity contribution is 7.92. The van der Waals surface area contributed by atoms with E-state index < -0.39 is 15.9 Å². The molecule has 1 amide bonds. The molecule has 3 rings (SSSR count). The number of hydrazine groups is 1. The highest BCUT2D eigenvalue weighted by Crippen LogP contribution is 2.30. The van der Waals surface area contributed by atoms with Crippen molar-refractivity contribution in [2.45, 2.75) is 18.7 Å². The Labute approximate surface area is 192 Å². The Bertz CT molecular complexity index is 1240. The molecule has 0 aliphatic heterocycles. The third-order valence-corrected chi connectivity index (χ3v) is 6.47. The Morgan fingerprint density at radius 2 is 1.78 bits per heavy atom. The van der Waals surface area contributed by atoms with Crippen molar-refractivity contribution in [2.75, 3.05) is 16.3 Å². The normalized spacial score (nSPS) is 11.0. The first-order valence-electron chi connectivity index (χ1n) is 9.59. The maximum atomic E-state index is 13.4. The van der Waals surface area contributed by atoms with Crippen LogP contribution in [0.3, 0.4) is 0 Å². The van der Waals surface area contributed by atoms with Gasteiger partial charge >= 0.3 is 0 Å². The first kappa shape index (κ1) is 23.2. The highest BCUT2D eigenvalue weighted by Gasteiger charge is 2.26. The number of benzene rings is 2. The van der Waals surface area contributed by atoms with Crippen LogP contribution in [0.25, 0.3) is 0 Å². The summed E-state index contributed by atoms with van der Waals surface area (Å²) in [7, 11) is -4.02. The van der Waals surface area contributed by atoms with E-state index in [0.717, 1.165) is 15.7 Å². The summed E-state index contributed by atoms with van der Waals surface area (Å²) in [5, 5.41) is 0.282. The molecule has 0 aliphatic rings. The van der Waals surface area contributed by atoms with E-state index >= 15 is 0 Å². The highest BCUT2D eigenvalue weighted by atomic mass is 35.5. The fourth-order valence-corrected chi connectivity index (χ4v) is 4.78. The van der Waals surface area contributed by atoms with Crippen molar-refractivity contribution in [1.82, 2.24) is 15.4 Å². The van der Waals surface area contributed by atoms with Gasteiger partial charge in [0.15, 0.2) is 0 Å². The fourth-order valence-electron chi connectivity index (χ4n) is 2.99. The Morgan fingerprint density at radius 3 is 2.44 bits per heavy atom. The first-order valence-corrected chi connectivity index (χ1v) is 11.4. The van der Waals surface area contributed by atoms with Gasteiger partial charge in [0.1, 0.15) is 0 Å². The molecule has 2 aromatic carbocycles. The summed E-state index contributed by atoms with van der Waals surface area (Å²) >= 11 is 6.23. The molecule has 1 aromatic heterocycles. The molecule has 0 aliphatic carbocycles. The molecule has 0 atom stereocenters. The molecule has 0 saturated heterocycles. The van der Waals surface area contributed by atoms with Gasteiger partial charge < -0.3 is 0 Å². The predicted octanol–water partition coefficient (Wildman–Crippen LogP) is 3.89. The molecule has 3 aromatic rings. The standard InChI is InChI=1S/C22H22ClN5O3S/c1-4-12-28(20-11-6-5-10-19(20)23)32(30,31)18-9-7-8-17(14-18)21(29)26-27-22-24-15(2)13-16(3)25-22/h4-11,13-14H,1,12H2,2-3H3,(H,26,29)(H,24,25,27). The van der Waals surface area contributed by atoms with E-state index in [4.69, 9.17) is 11.6 Å². The lowest BCUT2D eigenvalue weighted by molar-refractivity contribution is 0.0962. The molecule has 0 bridgehead atoms. The fraction of sp³-hybridized carbons (Fsp3) is 0.136. The van der Waals surface area contributed by atoms with Gasteiger partial charge in [-0.2, -0.15) is 0 Å². The number of carbonyl (C=O) groups excluding carboxylic acids is 1. The van der Waals surface area contributed by atoms with Gasteiger partial charge in [0.2, 0.25) is 5.95 Å². The van der Waals surface area contributed by atoms with E-state index in [2.05, 4.69) is 27.4 Å². The minimum Gasteiger partial charge on any atom is -0.267 e. The van der Waals surface area contributed by atoms with Gasteiger partial charge in [-0.1, -0.05) is 35.9 Å². The summed E-state index contributed by atoms with van der Waals surface area (Å²) in [5.41, 5.74) is 7.07. The lowest BCUT2D eigenvalue weighted by atomic mass is 10.2. The third kappa shape index (κ3) is 5.24. The maximum Gasteiger partial charge on any atom is 0.269 e. The average Bonchev–Trinajstić information content (AvgIpc) is 2.76. The topological polar surface area (TPSA) is 104 Å². The number of sulfonamides is 1. The van der Waals surface area contributed by atoms with Gasteiger partial charge in [-0.3, -0.25) is 20.0 Å². The summed E-state index contributed by atoms with van der Waals surface area (Å²) in [5.74, 6) is -0.312. The van der Waals surface area contributed by atoms with Gasteiger partial charge in [-0.15, -0.1) is 6.58 Å². The molecular formula is C22H22ClN5O3S. The van der Waals surface area contributed by atoms with Crippen molar-refractivity contribution in [1.29, 1.82) is 0 Å². The van der Waals surface area contributed by atoms with Crippen LogP contribution < -0.4 is 15.2 Å². The summed E-state index contributed by atoms with van der Waals surface area (Å²) in [6, 6.07) is 14.1. The van der Waals surface area contributed by atoms with Crippen molar-refractivity contribution < 1.29 is 13.2 Å². The third-order valence-electron chi connectivity index (χ3n) is 4.37. The summed E-state index contributed by atoms with van der Waals surface area (Å²) < 4.78 is 27.9. The number of hydrogen-bond acceptors (Lipinski definition) is 6. The van der Waals surface area contributed by atoms with Gasteiger partial charge in [0, 0.05) is 17.0 Å². The smallest absolute Gasteiger partial charge is 0.267 e. The van der Waals surface area contributed by atoms with E-state index in [1.54, 1.807) is 30.3 Å². The molecule has 2 N–H and O–H groups in total. The Kier molecular flexibility index (Phi) is 7.12. The average molecular weight is 472 g/mol. The van der Waals surface area contributed by atoms with Gasteiger partial charge in [0.05, 0.1) is 22.2 Å². The van der Waals surface area contributed by atoms with Crippen molar-refractivity contribution in [3.05, 3.63) is 89.2 Å². The Balaban J connectivity index is 1.86. The number of aromatic nitrogens is 2. The van der Waals surface area contributed by atoms with Crippen LogP contribution in [0.2, 0.25) is 5.02 Å². The number of halogens is 1. The second-order valence-corrected chi connectivity index (χ2v) is 9.13. The quantitative estimate of drug-likeness (QED) is 0.381. The van der Waals surface area contributed by atoms with Crippen LogP contribution in [0.4, 0.5) is 11.6 Å². The van der Waals surface area contributed by atoms with E-state index in [1.807, 2.05) is 13.8 Å². The van der Waals surface area contributed by atoms with Crippen LogP contribution in [0.5, 0.6) is 0 Å². The van der Waals surface area contributed by atoms with Crippen LogP contribution in [-0.4, -0.2) is 30.8 Å². The molecule has 32 heavy (non-hydrogen) atoms. The summed E-state index contributed by atoms with van der Waals surface area (Å²) in [6.45, 7) is 7.27. The number of amides is 1. The van der Waals surface area contributed by atoms with Crippen LogP contribution in [0.1, 0.15) is 21.7 Å². The Morgan fingerprint density at radius 1 is 1.09 bits per heavy atom. The van der Waals surface area contributed by atoms with Crippen molar-refractivity contribution in [3.63, 3.8) is 0 Å². The van der Waals surface area contributed by atoms with Crippen molar-refractivity contribution in [3.8, 4) is 0 Å². The number of para-hydroxylation sites is 1. The lowest BCUT2D eigenvalue weighted by Crippen LogP contribution is -2.32. The second kappa shape index (κ2) is 9.80. The number of anilines is 2. The van der Waals surface area contributed by atoms with Gasteiger partial charge in [-0.25, -0.2) is 18.4 Å². The molecule has 0 fully saturated rings. The predicted molar refractivity (Wildman–Crippen MR) is 125 cm³/mol. The monoisotopic (exact) mass is 471 g/mol. The molecule has 10 heteroatoms. The van der Waals surface area contributed by atoms with E-state index in [1.165, 1.54) is 30.3 Å². The molecular weight excluding hydrogens is 450 g/mol. The molecule has 0 saturated carbocycles. The first-order chi connectivity index (χ1) is 15.2. The molecule has 166 valence electrons.